The van der Waals surface area contributed by atoms with E-state index in [0.29, 0.717) is 12.2 Å². The molecule has 0 saturated carbocycles. The van der Waals surface area contributed by atoms with Crippen LogP contribution in [0.15, 0.2) is 60.7 Å². The summed E-state index contributed by atoms with van der Waals surface area (Å²) in [5, 5.41) is 28.6. The van der Waals surface area contributed by atoms with Crippen LogP contribution in [0.2, 0.25) is 0 Å². The molecule has 0 atom stereocenters. The highest BCUT2D eigenvalue weighted by Gasteiger charge is 2.05. The van der Waals surface area contributed by atoms with Crippen LogP contribution in [-0.2, 0) is 12.8 Å². The Kier molecular flexibility index (Phi) is 4.80. The van der Waals surface area contributed by atoms with Gasteiger partial charge in [-0.25, -0.2) is 0 Å². The lowest BCUT2D eigenvalue weighted by Crippen LogP contribution is -1.92. The quantitative estimate of drug-likeness (QED) is 0.616. The van der Waals surface area contributed by atoms with E-state index in [9.17, 15) is 15.3 Å². The van der Waals surface area contributed by atoms with Gasteiger partial charge in [0.2, 0.25) is 0 Å². The number of phenolic OH excluding ortho intramolecular Hbond substituents is 3. The van der Waals surface area contributed by atoms with Crippen molar-refractivity contribution in [3.63, 3.8) is 0 Å². The second-order valence-electron chi connectivity index (χ2n) is 6.00. The summed E-state index contributed by atoms with van der Waals surface area (Å²) < 4.78 is 5.14. The van der Waals surface area contributed by atoms with Crippen molar-refractivity contribution in [1.82, 2.24) is 0 Å². The molecule has 4 heteroatoms. The predicted octanol–water partition coefficient (Wildman–Crippen LogP) is 3.99. The first kappa shape index (κ1) is 16.7. The van der Waals surface area contributed by atoms with Crippen molar-refractivity contribution in [2.24, 2.45) is 0 Å². The van der Waals surface area contributed by atoms with Gasteiger partial charge in [0, 0.05) is 0 Å². The largest absolute Gasteiger partial charge is 0.504 e. The highest BCUT2D eigenvalue weighted by atomic mass is 16.5. The smallest absolute Gasteiger partial charge is 0.160 e. The summed E-state index contributed by atoms with van der Waals surface area (Å²) in [6, 6.07) is 18.5. The SMILES string of the molecule is COc1cc(Cc2ccc(Cc3ccc(O)c(O)c3)cc2)ccc1O. The lowest BCUT2D eigenvalue weighted by Gasteiger charge is -2.08. The Balaban J connectivity index is 1.70. The number of rotatable bonds is 5. The standard InChI is InChI=1S/C21H20O4/c1-25-21-13-17(7-9-19(21)23)11-15-4-2-14(3-5-15)10-16-6-8-18(22)20(24)12-16/h2-9,12-13,22-24H,10-11H2,1H3. The third-order valence-electron chi connectivity index (χ3n) is 4.12. The van der Waals surface area contributed by atoms with Crippen LogP contribution in [0.1, 0.15) is 22.3 Å². The van der Waals surface area contributed by atoms with E-state index in [-0.39, 0.29) is 17.2 Å². The number of hydrogen-bond acceptors (Lipinski definition) is 4. The Labute approximate surface area is 146 Å². The van der Waals surface area contributed by atoms with Gasteiger partial charge in [0.1, 0.15) is 0 Å². The van der Waals surface area contributed by atoms with Gasteiger partial charge in [-0.1, -0.05) is 36.4 Å². The van der Waals surface area contributed by atoms with E-state index >= 15 is 0 Å². The topological polar surface area (TPSA) is 69.9 Å². The zero-order valence-corrected chi connectivity index (χ0v) is 13.9. The fourth-order valence-electron chi connectivity index (χ4n) is 2.76. The minimum absolute atomic E-state index is 0.101. The fourth-order valence-corrected chi connectivity index (χ4v) is 2.76. The van der Waals surface area contributed by atoms with E-state index in [2.05, 4.69) is 24.3 Å². The molecule has 0 aromatic heterocycles. The minimum Gasteiger partial charge on any atom is -0.504 e. The number of aromatic hydroxyl groups is 3. The molecule has 128 valence electrons. The molecule has 25 heavy (non-hydrogen) atoms. The van der Waals surface area contributed by atoms with Gasteiger partial charge >= 0.3 is 0 Å². The van der Waals surface area contributed by atoms with Crippen molar-refractivity contribution in [3.8, 4) is 23.0 Å². The van der Waals surface area contributed by atoms with Gasteiger partial charge in [-0.05, 0) is 59.4 Å². The zero-order valence-electron chi connectivity index (χ0n) is 13.9. The number of benzene rings is 3. The third kappa shape index (κ3) is 4.04. The summed E-state index contributed by atoms with van der Waals surface area (Å²) in [6.07, 6.45) is 1.43. The maximum Gasteiger partial charge on any atom is 0.160 e. The second kappa shape index (κ2) is 7.18. The van der Waals surface area contributed by atoms with Crippen molar-refractivity contribution in [2.75, 3.05) is 7.11 Å². The number of methoxy groups -OCH3 is 1. The normalized spacial score (nSPS) is 10.6. The maximum absolute atomic E-state index is 9.66. The molecule has 3 rings (SSSR count). The molecule has 4 nitrogen and oxygen atoms in total. The van der Waals surface area contributed by atoms with Crippen molar-refractivity contribution in [1.29, 1.82) is 0 Å². The molecule has 3 N–H and O–H groups in total. The first-order valence-electron chi connectivity index (χ1n) is 7.99. The number of ether oxygens (including phenoxy) is 1. The molecule has 0 bridgehead atoms. The summed E-state index contributed by atoms with van der Waals surface area (Å²) in [4.78, 5) is 0. The van der Waals surface area contributed by atoms with Gasteiger partial charge in [-0.15, -0.1) is 0 Å². The van der Waals surface area contributed by atoms with Crippen molar-refractivity contribution >= 4 is 0 Å². The molecule has 0 radical (unpaired) electrons. The summed E-state index contributed by atoms with van der Waals surface area (Å²) in [5.41, 5.74) is 4.28. The van der Waals surface area contributed by atoms with Crippen LogP contribution in [0, 0.1) is 0 Å². The maximum atomic E-state index is 9.66. The van der Waals surface area contributed by atoms with Crippen LogP contribution < -0.4 is 4.74 Å². The van der Waals surface area contributed by atoms with E-state index in [1.165, 1.54) is 13.2 Å². The van der Waals surface area contributed by atoms with E-state index in [1.807, 2.05) is 12.1 Å². The average molecular weight is 336 g/mol. The highest BCUT2D eigenvalue weighted by Crippen LogP contribution is 2.28. The zero-order chi connectivity index (χ0) is 17.8. The molecule has 0 aliphatic heterocycles. The molecule has 0 unspecified atom stereocenters. The minimum atomic E-state index is -0.108. The highest BCUT2D eigenvalue weighted by molar-refractivity contribution is 5.44. The summed E-state index contributed by atoms with van der Waals surface area (Å²) in [5.74, 6) is 0.402. The predicted molar refractivity (Wildman–Crippen MR) is 96.5 cm³/mol. The van der Waals surface area contributed by atoms with Crippen LogP contribution in [0.25, 0.3) is 0 Å². The number of hydrogen-bond donors (Lipinski definition) is 3. The van der Waals surface area contributed by atoms with Gasteiger partial charge in [0.15, 0.2) is 23.0 Å². The van der Waals surface area contributed by atoms with Crippen LogP contribution >= 0.6 is 0 Å². The lowest BCUT2D eigenvalue weighted by molar-refractivity contribution is 0.373. The fraction of sp³-hybridized carbons (Fsp3) is 0.143. The molecule has 0 aliphatic carbocycles. The molecule has 0 aliphatic rings. The summed E-state index contributed by atoms with van der Waals surface area (Å²) in [7, 11) is 1.54. The van der Waals surface area contributed by atoms with Gasteiger partial charge in [-0.3, -0.25) is 0 Å². The van der Waals surface area contributed by atoms with Crippen molar-refractivity contribution in [2.45, 2.75) is 12.8 Å². The molecule has 0 saturated heterocycles. The van der Waals surface area contributed by atoms with E-state index in [0.717, 1.165) is 28.7 Å². The van der Waals surface area contributed by atoms with Crippen LogP contribution in [-0.4, -0.2) is 22.4 Å². The Morgan fingerprint density at radius 2 is 1.08 bits per heavy atom. The van der Waals surface area contributed by atoms with Crippen LogP contribution in [0.3, 0.4) is 0 Å². The van der Waals surface area contributed by atoms with Crippen LogP contribution in [0.4, 0.5) is 0 Å². The van der Waals surface area contributed by atoms with Crippen LogP contribution in [0.5, 0.6) is 23.0 Å². The Bertz CT molecular complexity index is 870. The van der Waals surface area contributed by atoms with Crippen molar-refractivity contribution in [3.05, 3.63) is 82.9 Å². The Morgan fingerprint density at radius 3 is 1.60 bits per heavy atom. The Hall–Kier alpha value is -3.14. The van der Waals surface area contributed by atoms with Gasteiger partial charge < -0.3 is 20.1 Å². The molecule has 0 fully saturated rings. The third-order valence-corrected chi connectivity index (χ3v) is 4.12. The molecule has 0 heterocycles. The first-order valence-corrected chi connectivity index (χ1v) is 7.99. The van der Waals surface area contributed by atoms with Gasteiger partial charge in [-0.2, -0.15) is 0 Å². The molecule has 3 aromatic carbocycles. The van der Waals surface area contributed by atoms with Gasteiger partial charge in [0.25, 0.3) is 0 Å². The van der Waals surface area contributed by atoms with E-state index in [4.69, 9.17) is 4.74 Å². The monoisotopic (exact) mass is 336 g/mol. The summed E-state index contributed by atoms with van der Waals surface area (Å²) >= 11 is 0. The number of phenols is 3. The summed E-state index contributed by atoms with van der Waals surface area (Å²) in [6.45, 7) is 0. The molecular weight excluding hydrogens is 316 g/mol. The first-order chi connectivity index (χ1) is 12.0. The Morgan fingerprint density at radius 1 is 0.600 bits per heavy atom. The molecular formula is C21H20O4. The van der Waals surface area contributed by atoms with Gasteiger partial charge in [0.05, 0.1) is 7.11 Å². The molecule has 0 spiro atoms. The second-order valence-corrected chi connectivity index (χ2v) is 6.00. The molecule has 0 amide bonds. The molecule has 3 aromatic rings. The van der Waals surface area contributed by atoms with Crippen molar-refractivity contribution < 1.29 is 20.1 Å². The lowest BCUT2D eigenvalue weighted by atomic mass is 10.00. The van der Waals surface area contributed by atoms with E-state index < -0.39 is 0 Å². The average Bonchev–Trinajstić information content (AvgIpc) is 2.61. The van der Waals surface area contributed by atoms with E-state index in [1.54, 1.807) is 18.2 Å².